The zero-order chi connectivity index (χ0) is 13.4. The smallest absolute Gasteiger partial charge is 0.254 e. The van der Waals surface area contributed by atoms with Gasteiger partial charge in [0.1, 0.15) is 0 Å². The monoisotopic (exact) mass is 256 g/mol. The molecule has 3 nitrogen and oxygen atoms in total. The van der Waals surface area contributed by atoms with Gasteiger partial charge in [-0.2, -0.15) is 0 Å². The van der Waals surface area contributed by atoms with E-state index in [0.717, 1.165) is 35.9 Å². The van der Waals surface area contributed by atoms with Gasteiger partial charge in [-0.25, -0.2) is 0 Å². The van der Waals surface area contributed by atoms with Crippen molar-refractivity contribution in [2.75, 3.05) is 6.54 Å². The normalized spacial score (nSPS) is 15.1. The second-order valence-electron chi connectivity index (χ2n) is 5.86. The van der Waals surface area contributed by atoms with Crippen molar-refractivity contribution in [2.45, 2.75) is 32.7 Å². The van der Waals surface area contributed by atoms with Crippen LogP contribution in [0, 0.1) is 5.92 Å². The summed E-state index contributed by atoms with van der Waals surface area (Å²) in [4.78, 5) is 17.9. The van der Waals surface area contributed by atoms with Gasteiger partial charge in [-0.15, -0.1) is 0 Å². The van der Waals surface area contributed by atoms with Crippen LogP contribution in [0.2, 0.25) is 0 Å². The van der Waals surface area contributed by atoms with Crippen molar-refractivity contribution < 1.29 is 4.79 Å². The van der Waals surface area contributed by atoms with Crippen LogP contribution >= 0.6 is 0 Å². The number of amides is 1. The number of benzene rings is 1. The number of aromatic amines is 1. The molecule has 0 spiro atoms. The molecule has 19 heavy (non-hydrogen) atoms. The first kappa shape index (κ1) is 12.3. The van der Waals surface area contributed by atoms with Gasteiger partial charge in [0.15, 0.2) is 0 Å². The third kappa shape index (κ3) is 2.50. The number of carbonyl (C=O) groups excluding carboxylic acids is 1. The van der Waals surface area contributed by atoms with Gasteiger partial charge in [-0.1, -0.05) is 13.8 Å². The molecule has 0 atom stereocenters. The number of nitrogens with one attached hydrogen (secondary N) is 1. The molecule has 2 aromatic rings. The second-order valence-corrected chi connectivity index (χ2v) is 5.86. The van der Waals surface area contributed by atoms with Crippen molar-refractivity contribution in [3.05, 3.63) is 36.0 Å². The molecular weight excluding hydrogens is 236 g/mol. The fourth-order valence-electron chi connectivity index (χ4n) is 2.53. The van der Waals surface area contributed by atoms with E-state index in [0.29, 0.717) is 12.0 Å². The summed E-state index contributed by atoms with van der Waals surface area (Å²) in [7, 11) is 0. The molecule has 1 fully saturated rings. The fraction of sp³-hybridized carbons (Fsp3) is 0.438. The SMILES string of the molecule is CC(C)CN(C(=O)c1ccc2[nH]ccc2c1)C1CC1. The minimum atomic E-state index is 0.180. The average Bonchev–Trinajstić information content (AvgIpc) is 3.12. The molecule has 1 amide bonds. The van der Waals surface area contributed by atoms with E-state index in [2.05, 4.69) is 23.7 Å². The minimum absolute atomic E-state index is 0.180. The Morgan fingerprint density at radius 3 is 2.84 bits per heavy atom. The van der Waals surface area contributed by atoms with E-state index in [1.165, 1.54) is 0 Å². The van der Waals surface area contributed by atoms with E-state index in [-0.39, 0.29) is 5.91 Å². The Morgan fingerprint density at radius 1 is 1.37 bits per heavy atom. The van der Waals surface area contributed by atoms with Crippen molar-refractivity contribution in [2.24, 2.45) is 5.92 Å². The third-order valence-electron chi connectivity index (χ3n) is 3.61. The lowest BCUT2D eigenvalue weighted by Gasteiger charge is -2.24. The van der Waals surface area contributed by atoms with Crippen molar-refractivity contribution in [1.29, 1.82) is 0 Å². The maximum absolute atomic E-state index is 12.6. The largest absolute Gasteiger partial charge is 0.361 e. The molecule has 0 bridgehead atoms. The lowest BCUT2D eigenvalue weighted by Crippen LogP contribution is -2.36. The van der Waals surface area contributed by atoms with Crippen molar-refractivity contribution in [3.63, 3.8) is 0 Å². The highest BCUT2D eigenvalue weighted by Crippen LogP contribution is 2.29. The molecule has 1 aromatic carbocycles. The molecule has 3 rings (SSSR count). The van der Waals surface area contributed by atoms with E-state index in [1.54, 1.807) is 0 Å². The molecule has 0 radical (unpaired) electrons. The summed E-state index contributed by atoms with van der Waals surface area (Å²) in [6, 6.07) is 8.39. The van der Waals surface area contributed by atoms with Crippen LogP contribution in [0.25, 0.3) is 10.9 Å². The Balaban J connectivity index is 1.87. The Bertz CT molecular complexity index is 596. The molecule has 0 unspecified atom stereocenters. The van der Waals surface area contributed by atoms with Crippen LogP contribution in [0.3, 0.4) is 0 Å². The predicted molar refractivity (Wildman–Crippen MR) is 77.2 cm³/mol. The van der Waals surface area contributed by atoms with Gasteiger partial charge in [0.25, 0.3) is 5.91 Å². The van der Waals surface area contributed by atoms with E-state index in [9.17, 15) is 4.79 Å². The van der Waals surface area contributed by atoms with Gasteiger partial charge in [0.2, 0.25) is 0 Å². The zero-order valence-electron chi connectivity index (χ0n) is 11.5. The Hall–Kier alpha value is -1.77. The van der Waals surface area contributed by atoms with Crippen LogP contribution in [-0.2, 0) is 0 Å². The standard InChI is InChI=1S/C16H20N2O/c1-11(2)10-18(14-4-5-14)16(19)13-3-6-15-12(9-13)7-8-17-15/h3,6-9,11,14,17H,4-5,10H2,1-2H3. The van der Waals surface area contributed by atoms with E-state index in [4.69, 9.17) is 0 Å². The van der Waals surface area contributed by atoms with Crippen LogP contribution < -0.4 is 0 Å². The summed E-state index contributed by atoms with van der Waals surface area (Å²) in [6.07, 6.45) is 4.22. The van der Waals surface area contributed by atoms with Gasteiger partial charge in [-0.3, -0.25) is 4.79 Å². The minimum Gasteiger partial charge on any atom is -0.361 e. The number of H-pyrrole nitrogens is 1. The van der Waals surface area contributed by atoms with Crippen LogP contribution in [0.15, 0.2) is 30.5 Å². The summed E-state index contributed by atoms with van der Waals surface area (Å²) in [5, 5.41) is 1.10. The third-order valence-corrected chi connectivity index (χ3v) is 3.61. The first-order chi connectivity index (χ1) is 9.15. The molecule has 0 aliphatic heterocycles. The summed E-state index contributed by atoms with van der Waals surface area (Å²) >= 11 is 0. The molecule has 0 saturated heterocycles. The van der Waals surface area contributed by atoms with Crippen LogP contribution in [0.5, 0.6) is 0 Å². The first-order valence-corrected chi connectivity index (χ1v) is 7.03. The molecule has 1 aliphatic carbocycles. The maximum atomic E-state index is 12.6. The zero-order valence-corrected chi connectivity index (χ0v) is 11.5. The van der Waals surface area contributed by atoms with Crippen LogP contribution in [0.4, 0.5) is 0 Å². The lowest BCUT2D eigenvalue weighted by atomic mass is 10.1. The Labute approximate surface area is 113 Å². The summed E-state index contributed by atoms with van der Waals surface area (Å²) in [5.41, 5.74) is 1.89. The van der Waals surface area contributed by atoms with Gasteiger partial charge in [0, 0.05) is 35.2 Å². The molecule has 1 heterocycles. The van der Waals surface area contributed by atoms with Gasteiger partial charge in [0.05, 0.1) is 0 Å². The first-order valence-electron chi connectivity index (χ1n) is 7.03. The Morgan fingerprint density at radius 2 is 2.16 bits per heavy atom. The molecule has 1 aliphatic rings. The number of hydrogen-bond acceptors (Lipinski definition) is 1. The molecule has 1 N–H and O–H groups in total. The van der Waals surface area contributed by atoms with Gasteiger partial charge in [-0.05, 0) is 43.0 Å². The molecule has 1 saturated carbocycles. The molecule has 1 aromatic heterocycles. The number of fused-ring (bicyclic) bond motifs is 1. The highest BCUT2D eigenvalue weighted by molar-refractivity contribution is 5.98. The quantitative estimate of drug-likeness (QED) is 0.894. The molecule has 3 heteroatoms. The number of carbonyl (C=O) groups is 1. The van der Waals surface area contributed by atoms with Crippen molar-refractivity contribution >= 4 is 16.8 Å². The summed E-state index contributed by atoms with van der Waals surface area (Å²) in [6.45, 7) is 5.19. The highest BCUT2D eigenvalue weighted by Gasteiger charge is 2.33. The summed E-state index contributed by atoms with van der Waals surface area (Å²) in [5.74, 6) is 0.694. The number of aromatic nitrogens is 1. The molecule has 100 valence electrons. The van der Waals surface area contributed by atoms with Crippen LogP contribution in [-0.4, -0.2) is 28.4 Å². The number of hydrogen-bond donors (Lipinski definition) is 1. The van der Waals surface area contributed by atoms with E-state index < -0.39 is 0 Å². The summed E-state index contributed by atoms with van der Waals surface area (Å²) < 4.78 is 0. The van der Waals surface area contributed by atoms with Gasteiger partial charge < -0.3 is 9.88 Å². The second kappa shape index (κ2) is 4.72. The number of nitrogens with zero attached hydrogens (tertiary/aromatic N) is 1. The predicted octanol–water partition coefficient (Wildman–Crippen LogP) is 3.43. The number of rotatable bonds is 4. The van der Waals surface area contributed by atoms with Crippen molar-refractivity contribution in [1.82, 2.24) is 9.88 Å². The average molecular weight is 256 g/mol. The van der Waals surface area contributed by atoms with Crippen LogP contribution in [0.1, 0.15) is 37.0 Å². The van der Waals surface area contributed by atoms with Crippen molar-refractivity contribution in [3.8, 4) is 0 Å². The molecular formula is C16H20N2O. The Kier molecular flexibility index (Phi) is 3.05. The lowest BCUT2D eigenvalue weighted by molar-refractivity contribution is 0.0722. The maximum Gasteiger partial charge on any atom is 0.254 e. The highest BCUT2D eigenvalue weighted by atomic mass is 16.2. The van der Waals surface area contributed by atoms with E-state index in [1.807, 2.05) is 30.5 Å². The fourth-order valence-corrected chi connectivity index (χ4v) is 2.53. The van der Waals surface area contributed by atoms with E-state index >= 15 is 0 Å². The van der Waals surface area contributed by atoms with Gasteiger partial charge >= 0.3 is 0 Å². The topological polar surface area (TPSA) is 36.1 Å².